The van der Waals surface area contributed by atoms with Crippen molar-refractivity contribution in [3.05, 3.63) is 0 Å². The quantitative estimate of drug-likeness (QED) is 0.675. The topological polar surface area (TPSA) is 32.3 Å². The molecule has 0 bridgehead atoms. The maximum atomic E-state index is 11.2. The van der Waals surface area contributed by atoms with Crippen LogP contribution in [-0.2, 0) is 4.79 Å². The van der Waals surface area contributed by atoms with Crippen molar-refractivity contribution >= 4 is 5.78 Å². The molecule has 0 saturated carbocycles. The third kappa shape index (κ3) is 2.78. The second-order valence-electron chi connectivity index (χ2n) is 3.97. The molecule has 1 atom stereocenters. The predicted octanol–water partition coefficient (Wildman–Crippen LogP) is 0.505. The molecule has 0 aliphatic carbocycles. The molecule has 1 N–H and O–H groups in total. The highest BCUT2D eigenvalue weighted by Crippen LogP contribution is 2.10. The largest absolute Gasteiger partial charge is 0.314 e. The molecule has 1 saturated heterocycles. The highest BCUT2D eigenvalue weighted by atomic mass is 16.1. The van der Waals surface area contributed by atoms with Gasteiger partial charge in [-0.2, -0.15) is 0 Å². The predicted molar refractivity (Wildman–Crippen MR) is 53.7 cm³/mol. The Labute approximate surface area is 80.5 Å². The van der Waals surface area contributed by atoms with Crippen LogP contribution in [-0.4, -0.2) is 43.4 Å². The fraction of sp³-hybridized carbons (Fsp3) is 0.900. The first-order valence-electron chi connectivity index (χ1n) is 5.06. The SMILES string of the molecule is CCC(CN(C)C1CNC1)C(C)=O. The van der Waals surface area contributed by atoms with Gasteiger partial charge in [0.2, 0.25) is 0 Å². The van der Waals surface area contributed by atoms with Gasteiger partial charge in [-0.15, -0.1) is 0 Å². The molecule has 0 aromatic rings. The second kappa shape index (κ2) is 4.72. The van der Waals surface area contributed by atoms with E-state index in [1.807, 2.05) is 0 Å². The summed E-state index contributed by atoms with van der Waals surface area (Å²) in [7, 11) is 2.11. The Bertz CT molecular complexity index is 178. The maximum absolute atomic E-state index is 11.2. The number of nitrogens with one attached hydrogen (secondary N) is 1. The smallest absolute Gasteiger partial charge is 0.134 e. The van der Waals surface area contributed by atoms with E-state index in [4.69, 9.17) is 0 Å². The number of likely N-dealkylation sites (N-methyl/N-ethyl adjacent to an activating group) is 1. The first-order valence-corrected chi connectivity index (χ1v) is 5.06. The van der Waals surface area contributed by atoms with Crippen LogP contribution in [0.25, 0.3) is 0 Å². The molecule has 1 unspecified atom stereocenters. The molecule has 0 amide bonds. The molecule has 1 fully saturated rings. The van der Waals surface area contributed by atoms with Gasteiger partial charge in [0.1, 0.15) is 5.78 Å². The zero-order valence-corrected chi connectivity index (χ0v) is 8.84. The van der Waals surface area contributed by atoms with Crippen LogP contribution in [0.4, 0.5) is 0 Å². The van der Waals surface area contributed by atoms with E-state index in [-0.39, 0.29) is 5.92 Å². The number of carbonyl (C=O) groups excluding carboxylic acids is 1. The average molecular weight is 184 g/mol. The molecule has 0 aromatic heterocycles. The lowest BCUT2D eigenvalue weighted by molar-refractivity contribution is -0.121. The summed E-state index contributed by atoms with van der Waals surface area (Å²) < 4.78 is 0. The molecular formula is C10H20N2O. The van der Waals surface area contributed by atoms with Gasteiger partial charge in [-0.05, 0) is 20.4 Å². The summed E-state index contributed by atoms with van der Waals surface area (Å²) in [6.07, 6.45) is 0.958. The number of hydrogen-bond acceptors (Lipinski definition) is 3. The Morgan fingerprint density at radius 2 is 2.23 bits per heavy atom. The van der Waals surface area contributed by atoms with Gasteiger partial charge < -0.3 is 10.2 Å². The molecule has 0 spiro atoms. The molecule has 3 nitrogen and oxygen atoms in total. The van der Waals surface area contributed by atoms with Crippen molar-refractivity contribution in [2.24, 2.45) is 5.92 Å². The molecule has 0 radical (unpaired) electrons. The number of carbonyl (C=O) groups is 1. The van der Waals surface area contributed by atoms with Gasteiger partial charge >= 0.3 is 0 Å². The van der Waals surface area contributed by atoms with E-state index in [2.05, 4.69) is 24.2 Å². The van der Waals surface area contributed by atoms with Gasteiger partial charge in [0.25, 0.3) is 0 Å². The second-order valence-corrected chi connectivity index (χ2v) is 3.97. The Hall–Kier alpha value is -0.410. The van der Waals surface area contributed by atoms with E-state index in [0.717, 1.165) is 26.1 Å². The number of nitrogens with zero attached hydrogens (tertiary/aromatic N) is 1. The summed E-state index contributed by atoms with van der Waals surface area (Å²) >= 11 is 0. The average Bonchev–Trinajstić information content (AvgIpc) is 1.96. The van der Waals surface area contributed by atoms with Gasteiger partial charge in [-0.3, -0.25) is 4.79 Å². The fourth-order valence-electron chi connectivity index (χ4n) is 1.63. The third-order valence-corrected chi connectivity index (χ3v) is 2.96. The van der Waals surface area contributed by atoms with Crippen LogP contribution in [0.2, 0.25) is 0 Å². The minimum Gasteiger partial charge on any atom is -0.314 e. The molecule has 3 heteroatoms. The third-order valence-electron chi connectivity index (χ3n) is 2.96. The fourth-order valence-corrected chi connectivity index (χ4v) is 1.63. The number of hydrogen-bond donors (Lipinski definition) is 1. The van der Waals surface area contributed by atoms with Crippen molar-refractivity contribution < 1.29 is 4.79 Å². The minimum atomic E-state index is 0.227. The molecule has 1 heterocycles. The number of Topliss-reactive ketones (excluding diaryl/α,β-unsaturated/α-hetero) is 1. The summed E-state index contributed by atoms with van der Waals surface area (Å²) in [6.45, 7) is 6.84. The monoisotopic (exact) mass is 184 g/mol. The standard InChI is InChI=1S/C10H20N2O/c1-4-9(8(2)13)7-12(3)10-5-11-6-10/h9-11H,4-7H2,1-3H3. The van der Waals surface area contributed by atoms with Gasteiger partial charge in [-0.25, -0.2) is 0 Å². The van der Waals surface area contributed by atoms with E-state index in [1.165, 1.54) is 0 Å². The Kier molecular flexibility index (Phi) is 3.88. The molecular weight excluding hydrogens is 164 g/mol. The summed E-state index contributed by atoms with van der Waals surface area (Å²) in [4.78, 5) is 13.5. The number of rotatable bonds is 5. The summed E-state index contributed by atoms with van der Waals surface area (Å²) in [5, 5.41) is 3.24. The van der Waals surface area contributed by atoms with Crippen molar-refractivity contribution in [2.45, 2.75) is 26.3 Å². The van der Waals surface area contributed by atoms with Crippen LogP contribution in [0.3, 0.4) is 0 Å². The van der Waals surface area contributed by atoms with Gasteiger partial charge in [0.05, 0.1) is 0 Å². The maximum Gasteiger partial charge on any atom is 0.134 e. The van der Waals surface area contributed by atoms with Crippen LogP contribution in [0.15, 0.2) is 0 Å². The minimum absolute atomic E-state index is 0.227. The van der Waals surface area contributed by atoms with Crippen molar-refractivity contribution in [3.63, 3.8) is 0 Å². The zero-order valence-electron chi connectivity index (χ0n) is 8.84. The van der Waals surface area contributed by atoms with Crippen LogP contribution >= 0.6 is 0 Å². The lowest BCUT2D eigenvalue weighted by Gasteiger charge is -2.37. The van der Waals surface area contributed by atoms with Crippen LogP contribution < -0.4 is 5.32 Å². The Morgan fingerprint density at radius 1 is 1.62 bits per heavy atom. The molecule has 1 rings (SSSR count). The van der Waals surface area contributed by atoms with Crippen molar-refractivity contribution in [2.75, 3.05) is 26.7 Å². The van der Waals surface area contributed by atoms with E-state index < -0.39 is 0 Å². The summed E-state index contributed by atoms with van der Waals surface area (Å²) in [5.74, 6) is 0.548. The highest BCUT2D eigenvalue weighted by Gasteiger charge is 2.24. The van der Waals surface area contributed by atoms with Gasteiger partial charge in [-0.1, -0.05) is 6.92 Å². The lowest BCUT2D eigenvalue weighted by atomic mass is 10.00. The first-order chi connectivity index (χ1) is 6.15. The van der Waals surface area contributed by atoms with Crippen molar-refractivity contribution in [1.29, 1.82) is 0 Å². The van der Waals surface area contributed by atoms with Crippen LogP contribution in [0, 0.1) is 5.92 Å². The lowest BCUT2D eigenvalue weighted by Crippen LogP contribution is -2.56. The first kappa shape index (κ1) is 10.7. The van der Waals surface area contributed by atoms with Gasteiger partial charge in [0.15, 0.2) is 0 Å². The van der Waals surface area contributed by atoms with E-state index in [9.17, 15) is 4.79 Å². The summed E-state index contributed by atoms with van der Waals surface area (Å²) in [5.41, 5.74) is 0. The molecule has 13 heavy (non-hydrogen) atoms. The summed E-state index contributed by atoms with van der Waals surface area (Å²) in [6, 6.07) is 0.647. The molecule has 1 aliphatic heterocycles. The van der Waals surface area contributed by atoms with Crippen molar-refractivity contribution in [3.8, 4) is 0 Å². The normalized spacial score (nSPS) is 20.0. The Morgan fingerprint density at radius 3 is 2.54 bits per heavy atom. The van der Waals surface area contributed by atoms with E-state index >= 15 is 0 Å². The molecule has 76 valence electrons. The van der Waals surface area contributed by atoms with Gasteiger partial charge in [0, 0.05) is 31.6 Å². The Balaban J connectivity index is 2.31. The number of ketones is 1. The molecule has 0 aromatic carbocycles. The van der Waals surface area contributed by atoms with E-state index in [1.54, 1.807) is 6.92 Å². The van der Waals surface area contributed by atoms with E-state index in [0.29, 0.717) is 11.8 Å². The van der Waals surface area contributed by atoms with Crippen LogP contribution in [0.1, 0.15) is 20.3 Å². The molecule has 1 aliphatic rings. The zero-order chi connectivity index (χ0) is 9.84. The van der Waals surface area contributed by atoms with Crippen LogP contribution in [0.5, 0.6) is 0 Å². The highest BCUT2D eigenvalue weighted by molar-refractivity contribution is 5.78. The van der Waals surface area contributed by atoms with Crippen molar-refractivity contribution in [1.82, 2.24) is 10.2 Å².